The zero-order valence-corrected chi connectivity index (χ0v) is 15.7. The molecule has 0 saturated carbocycles. The first-order valence-electron chi connectivity index (χ1n) is 9.30. The largest absolute Gasteiger partial charge is 0.374 e. The molecule has 144 valence electrons. The Morgan fingerprint density at radius 1 is 1.25 bits per heavy atom. The maximum absolute atomic E-state index is 12.4. The van der Waals surface area contributed by atoms with Crippen molar-refractivity contribution in [1.82, 2.24) is 9.88 Å². The highest BCUT2D eigenvalue weighted by Gasteiger charge is 2.22. The maximum atomic E-state index is 12.4. The minimum absolute atomic E-state index is 0.0522. The van der Waals surface area contributed by atoms with Gasteiger partial charge in [-0.3, -0.25) is 14.9 Å². The zero-order chi connectivity index (χ0) is 19.7. The number of non-ortho nitro benzene ring substituents is 1. The van der Waals surface area contributed by atoms with Crippen LogP contribution in [0.15, 0.2) is 54.7 Å². The molecule has 0 bridgehead atoms. The van der Waals surface area contributed by atoms with Gasteiger partial charge in [-0.05, 0) is 36.1 Å². The number of nitro benzene ring substituents is 1. The average molecular weight is 378 g/mol. The number of nitrogens with one attached hydrogen (secondary N) is 1. The van der Waals surface area contributed by atoms with Crippen LogP contribution < -0.4 is 10.2 Å². The molecule has 2 heterocycles. The van der Waals surface area contributed by atoms with Gasteiger partial charge in [0.2, 0.25) is 5.91 Å². The SMILES string of the molecule is CN1CC(CNC(=O)Cn2ccc3cc([N+](=O)[O-])ccc32)Cc2ccccc21. The Morgan fingerprint density at radius 3 is 2.89 bits per heavy atom. The third kappa shape index (κ3) is 3.55. The van der Waals surface area contributed by atoms with Crippen LogP contribution in [0, 0.1) is 16.0 Å². The van der Waals surface area contributed by atoms with E-state index < -0.39 is 4.92 Å². The smallest absolute Gasteiger partial charge is 0.270 e. The first-order chi connectivity index (χ1) is 13.5. The number of hydrogen-bond donors (Lipinski definition) is 1. The Morgan fingerprint density at radius 2 is 2.07 bits per heavy atom. The third-order valence-corrected chi connectivity index (χ3v) is 5.31. The fraction of sp³-hybridized carbons (Fsp3) is 0.286. The molecule has 1 atom stereocenters. The molecule has 0 saturated heterocycles. The van der Waals surface area contributed by atoms with Crippen LogP contribution >= 0.6 is 0 Å². The van der Waals surface area contributed by atoms with Crippen molar-refractivity contribution < 1.29 is 9.72 Å². The van der Waals surface area contributed by atoms with Gasteiger partial charge in [-0.25, -0.2) is 0 Å². The Labute approximate surface area is 162 Å². The summed E-state index contributed by atoms with van der Waals surface area (Å²) in [5, 5.41) is 14.7. The van der Waals surface area contributed by atoms with Crippen LogP contribution in [0.3, 0.4) is 0 Å². The van der Waals surface area contributed by atoms with Gasteiger partial charge in [0, 0.05) is 55.1 Å². The summed E-state index contributed by atoms with van der Waals surface area (Å²) in [4.78, 5) is 25.2. The summed E-state index contributed by atoms with van der Waals surface area (Å²) in [6, 6.07) is 14.8. The number of nitro groups is 1. The van der Waals surface area contributed by atoms with Gasteiger partial charge >= 0.3 is 0 Å². The Kier molecular flexibility index (Phi) is 4.73. The van der Waals surface area contributed by atoms with Crippen LogP contribution in [0.2, 0.25) is 0 Å². The number of amides is 1. The van der Waals surface area contributed by atoms with E-state index in [1.165, 1.54) is 23.4 Å². The number of benzene rings is 2. The molecular formula is C21H22N4O3. The van der Waals surface area contributed by atoms with Crippen molar-refractivity contribution in [3.05, 3.63) is 70.4 Å². The fourth-order valence-corrected chi connectivity index (χ4v) is 3.96. The molecule has 0 radical (unpaired) electrons. The summed E-state index contributed by atoms with van der Waals surface area (Å²) in [5.41, 5.74) is 3.44. The minimum Gasteiger partial charge on any atom is -0.374 e. The predicted molar refractivity (Wildman–Crippen MR) is 109 cm³/mol. The van der Waals surface area contributed by atoms with Gasteiger partial charge in [-0.15, -0.1) is 0 Å². The van der Waals surface area contributed by atoms with E-state index in [1.807, 2.05) is 10.6 Å². The molecule has 0 fully saturated rings. The first-order valence-corrected chi connectivity index (χ1v) is 9.30. The molecule has 1 amide bonds. The van der Waals surface area contributed by atoms with E-state index in [9.17, 15) is 14.9 Å². The van der Waals surface area contributed by atoms with Gasteiger partial charge < -0.3 is 14.8 Å². The van der Waals surface area contributed by atoms with E-state index in [0.29, 0.717) is 12.5 Å². The van der Waals surface area contributed by atoms with Gasteiger partial charge in [0.1, 0.15) is 6.54 Å². The molecule has 1 unspecified atom stereocenters. The van der Waals surface area contributed by atoms with Crippen LogP contribution in [0.5, 0.6) is 0 Å². The normalized spacial score (nSPS) is 16.0. The maximum Gasteiger partial charge on any atom is 0.270 e. The Balaban J connectivity index is 1.38. The fourth-order valence-electron chi connectivity index (χ4n) is 3.96. The number of fused-ring (bicyclic) bond motifs is 2. The van der Waals surface area contributed by atoms with Crippen molar-refractivity contribution in [2.45, 2.75) is 13.0 Å². The monoisotopic (exact) mass is 378 g/mol. The Bertz CT molecular complexity index is 1040. The highest BCUT2D eigenvalue weighted by Crippen LogP contribution is 2.28. The summed E-state index contributed by atoms with van der Waals surface area (Å²) >= 11 is 0. The van der Waals surface area contributed by atoms with Gasteiger partial charge in [-0.2, -0.15) is 0 Å². The summed E-state index contributed by atoms with van der Waals surface area (Å²) in [6.07, 6.45) is 2.75. The van der Waals surface area contributed by atoms with Crippen LogP contribution in [-0.4, -0.2) is 35.5 Å². The van der Waals surface area contributed by atoms with Crippen LogP contribution in [0.4, 0.5) is 11.4 Å². The van der Waals surface area contributed by atoms with Gasteiger partial charge in [0.25, 0.3) is 5.69 Å². The quantitative estimate of drug-likeness (QED) is 0.547. The molecule has 0 spiro atoms. The summed E-state index contributed by atoms with van der Waals surface area (Å²) in [5.74, 6) is 0.310. The third-order valence-electron chi connectivity index (χ3n) is 5.31. The molecule has 7 nitrogen and oxygen atoms in total. The number of anilines is 1. The van der Waals surface area contributed by atoms with Crippen molar-refractivity contribution in [2.24, 2.45) is 5.92 Å². The standard InChI is InChI=1S/C21H22N4O3/c1-23-13-15(10-16-4-2-3-5-19(16)23)12-22-21(26)14-24-9-8-17-11-18(25(27)28)6-7-20(17)24/h2-9,11,15H,10,12-14H2,1H3,(H,22,26). The number of para-hydroxylation sites is 1. The molecule has 28 heavy (non-hydrogen) atoms. The van der Waals surface area contributed by atoms with E-state index in [4.69, 9.17) is 0 Å². The second-order valence-electron chi connectivity index (χ2n) is 7.33. The Hall–Kier alpha value is -3.35. The molecule has 1 N–H and O–H groups in total. The molecule has 3 aromatic rings. The van der Waals surface area contributed by atoms with Gasteiger partial charge in [-0.1, -0.05) is 18.2 Å². The lowest BCUT2D eigenvalue weighted by molar-refractivity contribution is -0.384. The number of rotatable bonds is 5. The van der Waals surface area contributed by atoms with E-state index in [-0.39, 0.29) is 18.1 Å². The summed E-state index contributed by atoms with van der Waals surface area (Å²) in [6.45, 7) is 1.73. The molecule has 2 aromatic carbocycles. The lowest BCUT2D eigenvalue weighted by Gasteiger charge is -2.33. The number of carbonyl (C=O) groups excluding carboxylic acids is 1. The zero-order valence-electron chi connectivity index (χ0n) is 15.7. The van der Waals surface area contributed by atoms with Crippen molar-refractivity contribution in [3.8, 4) is 0 Å². The van der Waals surface area contributed by atoms with Crippen molar-refractivity contribution in [1.29, 1.82) is 0 Å². The van der Waals surface area contributed by atoms with Crippen LogP contribution in [0.1, 0.15) is 5.56 Å². The molecule has 1 aromatic heterocycles. The topological polar surface area (TPSA) is 80.4 Å². The number of nitrogens with zero attached hydrogens (tertiary/aromatic N) is 3. The number of aromatic nitrogens is 1. The molecule has 1 aliphatic rings. The molecule has 4 rings (SSSR count). The lowest BCUT2D eigenvalue weighted by Crippen LogP contribution is -2.40. The second-order valence-corrected chi connectivity index (χ2v) is 7.33. The van der Waals surface area contributed by atoms with Gasteiger partial charge in [0.15, 0.2) is 0 Å². The molecule has 0 aliphatic carbocycles. The van der Waals surface area contributed by atoms with E-state index >= 15 is 0 Å². The molecule has 1 aliphatic heterocycles. The predicted octanol–water partition coefficient (Wildman–Crippen LogP) is 2.97. The van der Waals surface area contributed by atoms with Crippen LogP contribution in [0.25, 0.3) is 10.9 Å². The summed E-state index contributed by atoms with van der Waals surface area (Å²) in [7, 11) is 2.08. The molecular weight excluding hydrogens is 356 g/mol. The highest BCUT2D eigenvalue weighted by atomic mass is 16.6. The van der Waals surface area contributed by atoms with E-state index in [2.05, 4.69) is 35.5 Å². The van der Waals surface area contributed by atoms with Gasteiger partial charge in [0.05, 0.1) is 4.92 Å². The van der Waals surface area contributed by atoms with Crippen molar-refractivity contribution in [3.63, 3.8) is 0 Å². The first kappa shape index (κ1) is 18.0. The summed E-state index contributed by atoms with van der Waals surface area (Å²) < 4.78 is 1.82. The minimum atomic E-state index is -0.414. The number of carbonyl (C=O) groups is 1. The van der Waals surface area contributed by atoms with Crippen molar-refractivity contribution >= 4 is 28.2 Å². The second kappa shape index (κ2) is 7.34. The van der Waals surface area contributed by atoms with Crippen molar-refractivity contribution in [2.75, 3.05) is 25.0 Å². The van der Waals surface area contributed by atoms with E-state index in [1.54, 1.807) is 18.3 Å². The lowest BCUT2D eigenvalue weighted by atomic mass is 9.93. The average Bonchev–Trinajstić information content (AvgIpc) is 3.08. The number of hydrogen-bond acceptors (Lipinski definition) is 4. The van der Waals surface area contributed by atoms with Crippen LogP contribution in [-0.2, 0) is 17.8 Å². The molecule has 7 heteroatoms. The highest BCUT2D eigenvalue weighted by molar-refractivity contribution is 5.85. The van der Waals surface area contributed by atoms with E-state index in [0.717, 1.165) is 23.9 Å².